The number of nitrogens with zero attached hydrogens (tertiary/aromatic N) is 6. The first-order valence-corrected chi connectivity index (χ1v) is 9.54. The van der Waals surface area contributed by atoms with Crippen LogP contribution in [0.25, 0.3) is 0 Å². The second-order valence-corrected chi connectivity index (χ2v) is 6.71. The van der Waals surface area contributed by atoms with Crippen LogP contribution in [-0.4, -0.2) is 24.9 Å². The lowest BCUT2D eigenvalue weighted by molar-refractivity contribution is -0.383. The summed E-state index contributed by atoms with van der Waals surface area (Å²) in [4.78, 5) is 30.4. The molecule has 0 saturated carbocycles. The van der Waals surface area contributed by atoms with Crippen molar-refractivity contribution in [2.45, 2.75) is 13.5 Å². The Morgan fingerprint density at radius 1 is 0.903 bits per heavy atom. The Balaban J connectivity index is 1.83. The van der Waals surface area contributed by atoms with E-state index in [-0.39, 0.29) is 17.3 Å². The Morgan fingerprint density at radius 2 is 1.68 bits per heavy atom. The van der Waals surface area contributed by atoms with Gasteiger partial charge in [-0.05, 0) is 36.2 Å². The van der Waals surface area contributed by atoms with Gasteiger partial charge in [-0.2, -0.15) is 0 Å². The van der Waals surface area contributed by atoms with Crippen LogP contribution in [0.2, 0.25) is 0 Å². The zero-order valence-corrected chi connectivity index (χ0v) is 16.7. The number of nitro groups is 1. The van der Waals surface area contributed by atoms with Crippen LogP contribution in [0.1, 0.15) is 11.1 Å². The molecule has 0 radical (unpaired) electrons. The number of benzene rings is 1. The summed E-state index contributed by atoms with van der Waals surface area (Å²) in [5.74, 6) is 1.22. The van der Waals surface area contributed by atoms with E-state index in [4.69, 9.17) is 0 Å². The second kappa shape index (κ2) is 8.95. The first-order chi connectivity index (χ1) is 15.1. The number of anilines is 4. The van der Waals surface area contributed by atoms with Gasteiger partial charge in [-0.25, -0.2) is 19.9 Å². The van der Waals surface area contributed by atoms with Gasteiger partial charge in [0.05, 0.1) is 11.5 Å². The van der Waals surface area contributed by atoms with Crippen molar-refractivity contribution in [1.82, 2.24) is 19.9 Å². The van der Waals surface area contributed by atoms with Crippen LogP contribution in [0.4, 0.5) is 29.0 Å². The van der Waals surface area contributed by atoms with Crippen LogP contribution in [-0.2, 0) is 6.54 Å². The fourth-order valence-corrected chi connectivity index (χ4v) is 3.10. The van der Waals surface area contributed by atoms with Crippen LogP contribution in [0.5, 0.6) is 0 Å². The third kappa shape index (κ3) is 4.45. The number of hydrogen-bond acceptors (Lipinski definition) is 8. The highest BCUT2D eigenvalue weighted by molar-refractivity contribution is 5.77. The standard InChI is InChI=1S/C22H19N7O2/c1-16-8-7-13-24-20(16)27-21-19(29(30)31)22(26-15-25-21)28(18-11-5-6-12-23-18)14-17-9-3-2-4-10-17/h2-13,15H,14H2,1H3,(H,24,25,26,27). The van der Waals surface area contributed by atoms with Gasteiger partial charge in [0.2, 0.25) is 11.6 Å². The maximum atomic E-state index is 12.1. The van der Waals surface area contributed by atoms with E-state index in [2.05, 4.69) is 25.3 Å². The Hall–Kier alpha value is -4.40. The molecule has 3 aromatic heterocycles. The molecular formula is C22H19N7O2. The Morgan fingerprint density at radius 3 is 2.39 bits per heavy atom. The average Bonchev–Trinajstić information content (AvgIpc) is 2.80. The van der Waals surface area contributed by atoms with Crippen LogP contribution >= 0.6 is 0 Å². The van der Waals surface area contributed by atoms with Gasteiger partial charge >= 0.3 is 5.69 Å². The molecule has 1 aromatic carbocycles. The molecule has 0 aliphatic heterocycles. The van der Waals surface area contributed by atoms with E-state index >= 15 is 0 Å². The van der Waals surface area contributed by atoms with Gasteiger partial charge in [-0.3, -0.25) is 10.1 Å². The topological polar surface area (TPSA) is 110 Å². The molecule has 0 aliphatic carbocycles. The fraction of sp³-hybridized carbons (Fsp3) is 0.0909. The van der Waals surface area contributed by atoms with Crippen LogP contribution in [0, 0.1) is 17.0 Å². The number of aryl methyl sites for hydroxylation is 1. The highest BCUT2D eigenvalue weighted by atomic mass is 16.6. The summed E-state index contributed by atoms with van der Waals surface area (Å²) in [6, 6.07) is 18.7. The van der Waals surface area contributed by atoms with Crippen LogP contribution < -0.4 is 10.2 Å². The Labute approximate surface area is 178 Å². The van der Waals surface area contributed by atoms with Gasteiger partial charge in [-0.15, -0.1) is 0 Å². The summed E-state index contributed by atoms with van der Waals surface area (Å²) < 4.78 is 0. The molecule has 0 aliphatic rings. The number of rotatable bonds is 7. The van der Waals surface area contributed by atoms with Crippen molar-refractivity contribution in [3.63, 3.8) is 0 Å². The lowest BCUT2D eigenvalue weighted by Gasteiger charge is -2.23. The Kier molecular flexibility index (Phi) is 5.75. The molecule has 1 N–H and O–H groups in total. The van der Waals surface area contributed by atoms with E-state index in [9.17, 15) is 10.1 Å². The SMILES string of the molecule is Cc1cccnc1Nc1ncnc(N(Cc2ccccc2)c2ccccn2)c1[N+](=O)[O-]. The summed E-state index contributed by atoms with van der Waals surface area (Å²) in [6.45, 7) is 2.20. The lowest BCUT2D eigenvalue weighted by Crippen LogP contribution is -2.21. The lowest BCUT2D eigenvalue weighted by atomic mass is 10.2. The number of pyridine rings is 2. The fourth-order valence-electron chi connectivity index (χ4n) is 3.10. The normalized spacial score (nSPS) is 10.5. The minimum absolute atomic E-state index is 0.0609. The van der Waals surface area contributed by atoms with E-state index in [0.29, 0.717) is 18.2 Å². The molecule has 9 heteroatoms. The van der Waals surface area contributed by atoms with Crippen LogP contribution in [0.3, 0.4) is 0 Å². The van der Waals surface area contributed by atoms with Crippen molar-refractivity contribution in [2.24, 2.45) is 0 Å². The molecule has 4 rings (SSSR count). The van der Waals surface area contributed by atoms with Crippen molar-refractivity contribution < 1.29 is 4.92 Å². The first-order valence-electron chi connectivity index (χ1n) is 9.54. The molecule has 0 atom stereocenters. The zero-order valence-electron chi connectivity index (χ0n) is 16.7. The molecule has 9 nitrogen and oxygen atoms in total. The van der Waals surface area contributed by atoms with E-state index in [1.54, 1.807) is 35.5 Å². The first kappa shape index (κ1) is 19.9. The molecule has 4 aromatic rings. The minimum atomic E-state index is -0.489. The molecule has 0 amide bonds. The monoisotopic (exact) mass is 413 g/mol. The summed E-state index contributed by atoms with van der Waals surface area (Å²) >= 11 is 0. The van der Waals surface area contributed by atoms with Gasteiger partial charge in [0, 0.05) is 12.4 Å². The summed E-state index contributed by atoms with van der Waals surface area (Å²) in [6.07, 6.45) is 4.54. The summed E-state index contributed by atoms with van der Waals surface area (Å²) in [7, 11) is 0. The van der Waals surface area contributed by atoms with E-state index in [0.717, 1.165) is 11.1 Å². The molecule has 0 spiro atoms. The van der Waals surface area contributed by atoms with Gasteiger partial charge < -0.3 is 10.2 Å². The predicted octanol–water partition coefficient (Wildman–Crippen LogP) is 4.57. The third-order valence-corrected chi connectivity index (χ3v) is 4.60. The van der Waals surface area contributed by atoms with Crippen molar-refractivity contribution >= 4 is 29.0 Å². The summed E-state index contributed by atoms with van der Waals surface area (Å²) in [5.41, 5.74) is 1.54. The van der Waals surface area contributed by atoms with Crippen molar-refractivity contribution in [1.29, 1.82) is 0 Å². The van der Waals surface area contributed by atoms with Gasteiger partial charge in [-0.1, -0.05) is 42.5 Å². The minimum Gasteiger partial charge on any atom is -0.319 e. The molecule has 154 valence electrons. The molecule has 31 heavy (non-hydrogen) atoms. The number of aromatic nitrogens is 4. The molecule has 0 saturated heterocycles. The predicted molar refractivity (Wildman–Crippen MR) is 117 cm³/mol. The van der Waals surface area contributed by atoms with Gasteiger partial charge in [0.25, 0.3) is 0 Å². The third-order valence-electron chi connectivity index (χ3n) is 4.60. The number of nitrogens with one attached hydrogen (secondary N) is 1. The van der Waals surface area contributed by atoms with Crippen molar-refractivity contribution in [3.8, 4) is 0 Å². The van der Waals surface area contributed by atoms with E-state index in [1.807, 2.05) is 49.4 Å². The molecule has 0 unspecified atom stereocenters. The van der Waals surface area contributed by atoms with E-state index in [1.165, 1.54) is 6.33 Å². The highest BCUT2D eigenvalue weighted by Crippen LogP contribution is 2.37. The molecule has 0 fully saturated rings. The average molecular weight is 413 g/mol. The van der Waals surface area contributed by atoms with Crippen molar-refractivity contribution in [2.75, 3.05) is 10.2 Å². The van der Waals surface area contributed by atoms with E-state index < -0.39 is 4.92 Å². The Bertz CT molecular complexity index is 1190. The quantitative estimate of drug-likeness (QED) is 0.347. The second-order valence-electron chi connectivity index (χ2n) is 6.71. The van der Waals surface area contributed by atoms with Gasteiger partial charge in [0.15, 0.2) is 0 Å². The smallest absolute Gasteiger partial charge is 0.319 e. The highest BCUT2D eigenvalue weighted by Gasteiger charge is 2.29. The van der Waals surface area contributed by atoms with Gasteiger partial charge in [0.1, 0.15) is 18.0 Å². The molecule has 0 bridgehead atoms. The zero-order chi connectivity index (χ0) is 21.6. The largest absolute Gasteiger partial charge is 0.354 e. The maximum absolute atomic E-state index is 12.1. The maximum Gasteiger partial charge on any atom is 0.354 e. The molecular weight excluding hydrogens is 394 g/mol. The number of hydrogen-bond donors (Lipinski definition) is 1. The summed E-state index contributed by atoms with van der Waals surface area (Å²) in [5, 5.41) is 15.1. The van der Waals surface area contributed by atoms with Crippen molar-refractivity contribution in [3.05, 3.63) is 101 Å². The molecule has 3 heterocycles. The van der Waals surface area contributed by atoms with Crippen LogP contribution in [0.15, 0.2) is 79.4 Å².